The number of phenolic OH excluding ortho intramolecular Hbond substituents is 1. The van der Waals surface area contributed by atoms with E-state index in [0.717, 1.165) is 12.8 Å². The van der Waals surface area contributed by atoms with Gasteiger partial charge in [0.1, 0.15) is 6.04 Å². The van der Waals surface area contributed by atoms with Gasteiger partial charge in [0.25, 0.3) is 5.91 Å². The maximum absolute atomic E-state index is 12.7. The second kappa shape index (κ2) is 8.73. The van der Waals surface area contributed by atoms with Crippen LogP contribution in [0.3, 0.4) is 0 Å². The quantitative estimate of drug-likeness (QED) is 0.343. The standard InChI is InChI=1S/C25H26N4O4/c1-32-21-10-14(11-22(33-2)24(21)30)13-26-29-25(31)20-12-19(27-28-20)17-9-8-16-7-6-15-4-3-5-18(17)23(15)16/h3-5,8-11,13,19-20,27-28,30H,6-7,12H2,1-2H3,(H,29,31)/b26-13+. The largest absolute Gasteiger partial charge is 0.502 e. The van der Waals surface area contributed by atoms with Gasteiger partial charge in [0, 0.05) is 11.6 Å². The van der Waals surface area contributed by atoms with Gasteiger partial charge in [-0.2, -0.15) is 5.10 Å². The maximum Gasteiger partial charge on any atom is 0.258 e. The maximum atomic E-state index is 12.7. The molecule has 3 aromatic carbocycles. The number of amides is 1. The van der Waals surface area contributed by atoms with Gasteiger partial charge in [-0.1, -0.05) is 30.3 Å². The summed E-state index contributed by atoms with van der Waals surface area (Å²) in [6.07, 6.45) is 4.27. The Hall–Kier alpha value is -3.62. The topological polar surface area (TPSA) is 104 Å². The molecule has 1 aliphatic heterocycles. The van der Waals surface area contributed by atoms with Crippen LogP contribution in [0.1, 0.15) is 34.7 Å². The predicted molar refractivity (Wildman–Crippen MR) is 126 cm³/mol. The average molecular weight is 447 g/mol. The molecule has 1 aliphatic carbocycles. The molecule has 5 rings (SSSR count). The number of methoxy groups -OCH3 is 2. The van der Waals surface area contributed by atoms with E-state index >= 15 is 0 Å². The number of hydrogen-bond donors (Lipinski definition) is 4. The van der Waals surface area contributed by atoms with Gasteiger partial charge in [0.05, 0.1) is 20.4 Å². The highest BCUT2D eigenvalue weighted by Crippen LogP contribution is 2.37. The lowest BCUT2D eigenvalue weighted by Gasteiger charge is -2.14. The predicted octanol–water partition coefficient (Wildman–Crippen LogP) is 2.72. The molecule has 0 radical (unpaired) electrons. The molecule has 8 heteroatoms. The second-order valence-corrected chi connectivity index (χ2v) is 8.29. The van der Waals surface area contributed by atoms with Gasteiger partial charge in [0.2, 0.25) is 5.75 Å². The van der Waals surface area contributed by atoms with Gasteiger partial charge in [-0.3, -0.25) is 4.79 Å². The summed E-state index contributed by atoms with van der Waals surface area (Å²) in [6.45, 7) is 0. The number of rotatable bonds is 6. The van der Waals surface area contributed by atoms with Gasteiger partial charge < -0.3 is 14.6 Å². The number of benzene rings is 3. The highest BCUT2D eigenvalue weighted by atomic mass is 16.5. The van der Waals surface area contributed by atoms with Crippen molar-refractivity contribution < 1.29 is 19.4 Å². The van der Waals surface area contributed by atoms with Crippen molar-refractivity contribution in [3.8, 4) is 17.2 Å². The summed E-state index contributed by atoms with van der Waals surface area (Å²) in [5, 5.41) is 16.7. The molecule has 1 saturated heterocycles. The molecule has 33 heavy (non-hydrogen) atoms. The highest BCUT2D eigenvalue weighted by molar-refractivity contribution is 5.94. The summed E-state index contributed by atoms with van der Waals surface area (Å²) >= 11 is 0. The van der Waals surface area contributed by atoms with E-state index < -0.39 is 6.04 Å². The van der Waals surface area contributed by atoms with Crippen LogP contribution in [0.2, 0.25) is 0 Å². The van der Waals surface area contributed by atoms with Crippen LogP contribution in [0.15, 0.2) is 47.6 Å². The van der Waals surface area contributed by atoms with E-state index in [1.54, 1.807) is 12.1 Å². The van der Waals surface area contributed by atoms with E-state index in [4.69, 9.17) is 9.47 Å². The number of aryl methyl sites for hydroxylation is 2. The fourth-order valence-corrected chi connectivity index (χ4v) is 4.74. The van der Waals surface area contributed by atoms with Crippen molar-refractivity contribution in [3.63, 3.8) is 0 Å². The molecule has 0 saturated carbocycles. The average Bonchev–Trinajstić information content (AvgIpc) is 3.49. The molecule has 2 atom stereocenters. The molecule has 0 aromatic heterocycles. The summed E-state index contributed by atoms with van der Waals surface area (Å²) in [5.74, 6) is 0.204. The normalized spacial score (nSPS) is 19.3. The first-order valence-corrected chi connectivity index (χ1v) is 10.9. The van der Waals surface area contributed by atoms with Crippen LogP contribution in [0, 0.1) is 0 Å². The molecule has 1 fully saturated rings. The lowest BCUT2D eigenvalue weighted by molar-refractivity contribution is -0.122. The van der Waals surface area contributed by atoms with E-state index in [1.807, 2.05) is 0 Å². The van der Waals surface area contributed by atoms with Crippen molar-refractivity contribution in [3.05, 3.63) is 64.7 Å². The molecular formula is C25H26N4O4. The first-order valence-electron chi connectivity index (χ1n) is 10.9. The first kappa shape index (κ1) is 21.2. The SMILES string of the molecule is COc1cc(/C=N/NC(=O)C2CC(c3ccc4c5c(cccc35)CC4)NN2)cc(OC)c1O. The molecule has 2 aliphatic rings. The number of nitrogens with one attached hydrogen (secondary N) is 3. The number of nitrogens with zero attached hydrogens (tertiary/aromatic N) is 1. The number of hydrazone groups is 1. The van der Waals surface area contributed by atoms with Gasteiger partial charge >= 0.3 is 0 Å². The van der Waals surface area contributed by atoms with E-state index in [2.05, 4.69) is 51.7 Å². The Bertz CT molecular complexity index is 1220. The molecule has 0 bridgehead atoms. The summed E-state index contributed by atoms with van der Waals surface area (Å²) in [6, 6.07) is 13.7. The summed E-state index contributed by atoms with van der Waals surface area (Å²) in [7, 11) is 2.91. The van der Waals surface area contributed by atoms with Crippen molar-refractivity contribution in [2.45, 2.75) is 31.3 Å². The van der Waals surface area contributed by atoms with Crippen molar-refractivity contribution in [1.29, 1.82) is 0 Å². The number of hydrazine groups is 1. The van der Waals surface area contributed by atoms with Gasteiger partial charge in [0.15, 0.2) is 11.5 Å². The Morgan fingerprint density at radius 1 is 1.09 bits per heavy atom. The Morgan fingerprint density at radius 2 is 1.82 bits per heavy atom. The van der Waals surface area contributed by atoms with E-state index in [0.29, 0.717) is 12.0 Å². The molecule has 8 nitrogen and oxygen atoms in total. The molecule has 2 unspecified atom stereocenters. The van der Waals surface area contributed by atoms with Crippen molar-refractivity contribution in [1.82, 2.24) is 16.3 Å². The Kier molecular flexibility index (Phi) is 5.62. The van der Waals surface area contributed by atoms with E-state index in [9.17, 15) is 9.90 Å². The lowest BCUT2D eigenvalue weighted by atomic mass is 9.93. The van der Waals surface area contributed by atoms with Crippen molar-refractivity contribution in [2.75, 3.05) is 14.2 Å². The fourth-order valence-electron chi connectivity index (χ4n) is 4.74. The molecule has 4 N–H and O–H groups in total. The minimum absolute atomic E-state index is 0.0280. The van der Waals surface area contributed by atoms with Crippen LogP contribution in [-0.4, -0.2) is 37.5 Å². The number of ether oxygens (including phenoxy) is 2. The minimum Gasteiger partial charge on any atom is -0.502 e. The third kappa shape index (κ3) is 3.88. The number of phenols is 1. The van der Waals surface area contributed by atoms with Crippen LogP contribution < -0.4 is 25.8 Å². The van der Waals surface area contributed by atoms with Crippen molar-refractivity contribution >= 4 is 22.9 Å². The second-order valence-electron chi connectivity index (χ2n) is 8.29. The molecular weight excluding hydrogens is 420 g/mol. The van der Waals surface area contributed by atoms with E-state index in [-0.39, 0.29) is 29.2 Å². The first-order chi connectivity index (χ1) is 16.1. The number of hydrogen-bond acceptors (Lipinski definition) is 7. The van der Waals surface area contributed by atoms with Crippen LogP contribution in [0.4, 0.5) is 0 Å². The zero-order chi connectivity index (χ0) is 22.9. The molecule has 1 amide bonds. The Labute approximate surface area is 191 Å². The minimum atomic E-state index is -0.418. The van der Waals surface area contributed by atoms with Crippen LogP contribution in [0.25, 0.3) is 10.8 Å². The number of carbonyl (C=O) groups is 1. The summed E-state index contributed by atoms with van der Waals surface area (Å²) in [4.78, 5) is 12.7. The smallest absolute Gasteiger partial charge is 0.258 e. The highest BCUT2D eigenvalue weighted by Gasteiger charge is 2.31. The van der Waals surface area contributed by atoms with Gasteiger partial charge in [-0.05, 0) is 58.9 Å². The fraction of sp³-hybridized carbons (Fsp3) is 0.280. The summed E-state index contributed by atoms with van der Waals surface area (Å²) < 4.78 is 10.3. The molecule has 170 valence electrons. The Morgan fingerprint density at radius 3 is 2.55 bits per heavy atom. The molecule has 1 heterocycles. The summed E-state index contributed by atoms with van der Waals surface area (Å²) in [5.41, 5.74) is 13.6. The van der Waals surface area contributed by atoms with Gasteiger partial charge in [-0.15, -0.1) is 0 Å². The van der Waals surface area contributed by atoms with Crippen LogP contribution >= 0.6 is 0 Å². The van der Waals surface area contributed by atoms with Gasteiger partial charge in [-0.25, -0.2) is 16.3 Å². The lowest BCUT2D eigenvalue weighted by Crippen LogP contribution is -2.41. The monoisotopic (exact) mass is 446 g/mol. The van der Waals surface area contributed by atoms with Crippen molar-refractivity contribution in [2.24, 2.45) is 5.10 Å². The zero-order valence-electron chi connectivity index (χ0n) is 18.5. The Balaban J connectivity index is 1.27. The third-order valence-corrected chi connectivity index (χ3v) is 6.40. The molecule has 0 spiro atoms. The number of aromatic hydroxyl groups is 1. The molecule has 3 aromatic rings. The zero-order valence-corrected chi connectivity index (χ0v) is 18.5. The van der Waals surface area contributed by atoms with Crippen LogP contribution in [-0.2, 0) is 17.6 Å². The van der Waals surface area contributed by atoms with Crippen LogP contribution in [0.5, 0.6) is 17.2 Å². The third-order valence-electron chi connectivity index (χ3n) is 6.40. The number of carbonyl (C=O) groups excluding carboxylic acids is 1. The van der Waals surface area contributed by atoms with E-state index in [1.165, 1.54) is 47.9 Å².